The van der Waals surface area contributed by atoms with Crippen molar-refractivity contribution < 1.29 is 13.9 Å². The fourth-order valence-electron chi connectivity index (χ4n) is 4.05. The Morgan fingerprint density at radius 1 is 1.26 bits per heavy atom. The quantitative estimate of drug-likeness (QED) is 0.771. The number of aryl methyl sites for hydroxylation is 1. The van der Waals surface area contributed by atoms with Crippen molar-refractivity contribution in [1.82, 2.24) is 15.1 Å². The average molecular weight is 363 g/mol. The summed E-state index contributed by atoms with van der Waals surface area (Å²) in [7, 11) is 1.69. The number of carbonyl (C=O) groups is 1. The minimum atomic E-state index is -0.0477. The highest BCUT2D eigenvalue weighted by molar-refractivity contribution is 5.93. The number of aromatic nitrogens is 2. The largest absolute Gasteiger partial charge is 0.497 e. The second-order valence-electron chi connectivity index (χ2n) is 7.54. The Hall–Kier alpha value is -3.02. The molecule has 3 heterocycles. The van der Waals surface area contributed by atoms with Crippen LogP contribution in [0.2, 0.25) is 0 Å². The molecular weight excluding hydrogens is 342 g/mol. The number of hydrogen-bond acceptors (Lipinski definition) is 4. The van der Waals surface area contributed by atoms with Gasteiger partial charge in [-0.3, -0.25) is 9.89 Å². The summed E-state index contributed by atoms with van der Waals surface area (Å²) in [5.41, 5.74) is 3.75. The lowest BCUT2D eigenvalue weighted by molar-refractivity contribution is 0.0703. The zero-order chi connectivity index (χ0) is 18.6. The Bertz CT molecular complexity index is 1030. The van der Waals surface area contributed by atoms with Crippen molar-refractivity contribution in [3.63, 3.8) is 0 Å². The molecule has 1 fully saturated rings. The second-order valence-corrected chi connectivity index (χ2v) is 7.54. The zero-order valence-electron chi connectivity index (χ0n) is 15.4. The van der Waals surface area contributed by atoms with E-state index in [1.807, 2.05) is 30.0 Å². The first-order valence-electron chi connectivity index (χ1n) is 9.17. The summed E-state index contributed by atoms with van der Waals surface area (Å²) >= 11 is 0. The SMILES string of the molecule is COc1ccc2c(c1)C1(CC1)CN(C(=O)c1cc(-c3ccc(C)o3)[nH]n1)C2. The van der Waals surface area contributed by atoms with Crippen LogP contribution in [0.5, 0.6) is 5.75 Å². The third-order valence-electron chi connectivity index (χ3n) is 5.69. The van der Waals surface area contributed by atoms with Gasteiger partial charge in [0, 0.05) is 24.6 Å². The fourth-order valence-corrected chi connectivity index (χ4v) is 4.05. The predicted octanol–water partition coefficient (Wildman–Crippen LogP) is 3.67. The van der Waals surface area contributed by atoms with Crippen molar-refractivity contribution >= 4 is 5.91 Å². The fraction of sp³-hybridized carbons (Fsp3) is 0.333. The van der Waals surface area contributed by atoms with Crippen LogP contribution in [-0.2, 0) is 12.0 Å². The first-order chi connectivity index (χ1) is 13.1. The smallest absolute Gasteiger partial charge is 0.274 e. The number of methoxy groups -OCH3 is 1. The maximum absolute atomic E-state index is 13.1. The maximum Gasteiger partial charge on any atom is 0.274 e. The number of nitrogens with zero attached hydrogens (tertiary/aromatic N) is 2. The molecule has 0 unspecified atom stereocenters. The number of hydrogen-bond donors (Lipinski definition) is 1. The van der Waals surface area contributed by atoms with Gasteiger partial charge in [0.2, 0.25) is 0 Å². The van der Waals surface area contributed by atoms with E-state index in [-0.39, 0.29) is 11.3 Å². The number of rotatable bonds is 3. The number of benzene rings is 1. The molecule has 1 amide bonds. The molecule has 5 rings (SSSR count). The molecule has 138 valence electrons. The Kier molecular flexibility index (Phi) is 3.44. The van der Waals surface area contributed by atoms with Crippen LogP contribution in [0.25, 0.3) is 11.5 Å². The standard InChI is InChI=1S/C21H21N3O3/c1-13-3-6-19(27-13)17-10-18(23-22-17)20(25)24-11-14-4-5-15(26-2)9-16(14)21(12-24)7-8-21/h3-6,9-10H,7-8,11-12H2,1-2H3,(H,22,23). The lowest BCUT2D eigenvalue weighted by atomic mass is 9.86. The van der Waals surface area contributed by atoms with Gasteiger partial charge in [-0.05, 0) is 55.2 Å². The van der Waals surface area contributed by atoms with Gasteiger partial charge < -0.3 is 14.1 Å². The van der Waals surface area contributed by atoms with E-state index in [0.717, 1.165) is 36.6 Å². The summed E-state index contributed by atoms with van der Waals surface area (Å²) in [6.45, 7) is 3.22. The first-order valence-corrected chi connectivity index (χ1v) is 9.17. The highest BCUT2D eigenvalue weighted by atomic mass is 16.5. The summed E-state index contributed by atoms with van der Waals surface area (Å²) in [6, 6.07) is 11.7. The molecule has 1 spiro atoms. The Morgan fingerprint density at radius 2 is 2.11 bits per heavy atom. The molecule has 1 aromatic carbocycles. The van der Waals surface area contributed by atoms with Crippen molar-refractivity contribution in [2.45, 2.75) is 31.7 Å². The molecule has 6 nitrogen and oxygen atoms in total. The van der Waals surface area contributed by atoms with Gasteiger partial charge in [-0.2, -0.15) is 5.10 Å². The van der Waals surface area contributed by atoms with Crippen LogP contribution in [0.1, 0.15) is 40.2 Å². The van der Waals surface area contributed by atoms with Crippen molar-refractivity contribution in [2.75, 3.05) is 13.7 Å². The molecule has 1 N–H and O–H groups in total. The third kappa shape index (κ3) is 2.63. The van der Waals surface area contributed by atoms with Gasteiger partial charge in [0.15, 0.2) is 11.5 Å². The number of nitrogens with one attached hydrogen (secondary N) is 1. The number of amides is 1. The summed E-state index contributed by atoms with van der Waals surface area (Å²) in [5.74, 6) is 2.35. The zero-order valence-corrected chi connectivity index (χ0v) is 15.4. The normalized spacial score (nSPS) is 17.0. The second kappa shape index (κ2) is 5.74. The van der Waals surface area contributed by atoms with Crippen molar-refractivity contribution in [1.29, 1.82) is 0 Å². The van der Waals surface area contributed by atoms with Crippen molar-refractivity contribution in [2.24, 2.45) is 0 Å². The lowest BCUT2D eigenvalue weighted by Gasteiger charge is -2.35. The summed E-state index contributed by atoms with van der Waals surface area (Å²) < 4.78 is 11.0. The molecular formula is C21H21N3O3. The Balaban J connectivity index is 1.42. The Morgan fingerprint density at radius 3 is 2.81 bits per heavy atom. The molecule has 0 bridgehead atoms. The van der Waals surface area contributed by atoms with Crippen LogP contribution in [0.4, 0.5) is 0 Å². The van der Waals surface area contributed by atoms with E-state index < -0.39 is 0 Å². The van der Waals surface area contributed by atoms with E-state index >= 15 is 0 Å². The molecule has 6 heteroatoms. The summed E-state index contributed by atoms with van der Waals surface area (Å²) in [5, 5.41) is 7.15. The van der Waals surface area contributed by atoms with Gasteiger partial charge in [-0.25, -0.2) is 0 Å². The van der Waals surface area contributed by atoms with Gasteiger partial charge in [0.1, 0.15) is 17.2 Å². The monoisotopic (exact) mass is 363 g/mol. The van der Waals surface area contributed by atoms with E-state index in [9.17, 15) is 4.79 Å². The van der Waals surface area contributed by atoms with Crippen molar-refractivity contribution in [3.8, 4) is 17.2 Å². The molecule has 0 saturated heterocycles. The lowest BCUT2D eigenvalue weighted by Crippen LogP contribution is -2.41. The average Bonchev–Trinajstić information content (AvgIpc) is 3.08. The highest BCUT2D eigenvalue weighted by Crippen LogP contribution is 2.53. The highest BCUT2D eigenvalue weighted by Gasteiger charge is 2.50. The van der Waals surface area contributed by atoms with E-state index in [1.54, 1.807) is 13.2 Å². The summed E-state index contributed by atoms with van der Waals surface area (Å²) in [4.78, 5) is 15.0. The van der Waals surface area contributed by atoms with E-state index in [0.29, 0.717) is 18.0 Å². The van der Waals surface area contributed by atoms with Crippen LogP contribution < -0.4 is 4.74 Å². The van der Waals surface area contributed by atoms with E-state index in [1.165, 1.54) is 11.1 Å². The van der Waals surface area contributed by atoms with Crippen LogP contribution >= 0.6 is 0 Å². The van der Waals surface area contributed by atoms with E-state index in [2.05, 4.69) is 22.3 Å². The van der Waals surface area contributed by atoms with Crippen LogP contribution in [0.3, 0.4) is 0 Å². The third-order valence-corrected chi connectivity index (χ3v) is 5.69. The summed E-state index contributed by atoms with van der Waals surface area (Å²) in [6.07, 6.45) is 2.21. The number of carbonyl (C=O) groups excluding carboxylic acids is 1. The number of H-pyrrole nitrogens is 1. The molecule has 27 heavy (non-hydrogen) atoms. The predicted molar refractivity (Wildman–Crippen MR) is 99.7 cm³/mol. The first kappa shape index (κ1) is 16.2. The van der Waals surface area contributed by atoms with Gasteiger partial charge in [0.05, 0.1) is 7.11 Å². The minimum Gasteiger partial charge on any atom is -0.497 e. The number of aromatic amines is 1. The molecule has 2 aliphatic rings. The minimum absolute atomic E-state index is 0.0477. The van der Waals surface area contributed by atoms with Gasteiger partial charge >= 0.3 is 0 Å². The number of fused-ring (bicyclic) bond motifs is 2. The van der Waals surface area contributed by atoms with Crippen LogP contribution in [0.15, 0.2) is 40.8 Å². The molecule has 1 saturated carbocycles. The molecule has 2 aromatic heterocycles. The molecule has 0 atom stereocenters. The van der Waals surface area contributed by atoms with Crippen molar-refractivity contribution in [3.05, 3.63) is 59.0 Å². The Labute approximate surface area is 157 Å². The topological polar surface area (TPSA) is 71.4 Å². The van der Waals surface area contributed by atoms with Gasteiger partial charge in [0.25, 0.3) is 5.91 Å². The number of furan rings is 1. The van der Waals surface area contributed by atoms with E-state index in [4.69, 9.17) is 9.15 Å². The van der Waals surface area contributed by atoms with Crippen LogP contribution in [-0.4, -0.2) is 34.7 Å². The van der Waals surface area contributed by atoms with Crippen LogP contribution in [0, 0.1) is 6.92 Å². The molecule has 0 radical (unpaired) electrons. The molecule has 3 aromatic rings. The van der Waals surface area contributed by atoms with Gasteiger partial charge in [-0.1, -0.05) is 6.07 Å². The maximum atomic E-state index is 13.1. The van der Waals surface area contributed by atoms with Gasteiger partial charge in [-0.15, -0.1) is 0 Å². The number of ether oxygens (including phenoxy) is 1. The molecule has 1 aliphatic carbocycles. The molecule has 1 aliphatic heterocycles.